The first-order valence-corrected chi connectivity index (χ1v) is 6.65. The molecule has 4 nitrogen and oxygen atoms in total. The average Bonchev–Trinajstić information content (AvgIpc) is 2.95. The molecule has 2 N–H and O–H groups in total. The number of nitrogens with zero attached hydrogens (tertiary/aromatic N) is 2. The van der Waals surface area contributed by atoms with Crippen molar-refractivity contribution in [1.82, 2.24) is 10.1 Å². The Labute approximate surface area is 117 Å². The largest absolute Gasteiger partial charge is 0.338 e. The second-order valence-corrected chi connectivity index (χ2v) is 5.42. The lowest BCUT2D eigenvalue weighted by molar-refractivity contribution is 0.365. The van der Waals surface area contributed by atoms with E-state index in [0.29, 0.717) is 21.8 Å². The van der Waals surface area contributed by atoms with Gasteiger partial charge in [-0.15, -0.1) is 0 Å². The Kier molecular flexibility index (Phi) is 3.20. The van der Waals surface area contributed by atoms with Crippen molar-refractivity contribution in [1.29, 1.82) is 0 Å². The van der Waals surface area contributed by atoms with Gasteiger partial charge >= 0.3 is 0 Å². The van der Waals surface area contributed by atoms with Crippen molar-refractivity contribution >= 4 is 15.9 Å². The third-order valence-corrected chi connectivity index (χ3v) is 3.45. The van der Waals surface area contributed by atoms with E-state index in [0.717, 1.165) is 6.42 Å². The van der Waals surface area contributed by atoms with E-state index in [-0.39, 0.29) is 17.8 Å². The van der Waals surface area contributed by atoms with Crippen LogP contribution in [0.5, 0.6) is 0 Å². The summed E-state index contributed by atoms with van der Waals surface area (Å²) < 4.78 is 19.2. The fraction of sp³-hybridized carbons (Fsp3) is 0.231. The predicted molar refractivity (Wildman–Crippen MR) is 71.9 cm³/mol. The van der Waals surface area contributed by atoms with E-state index in [2.05, 4.69) is 26.1 Å². The standard InChI is InChI=1S/C13H11BrFN3O/c14-9-3-8(4-10(15)6-9)12-17-13(19-18-12)7-1-2-11(16)5-7/h1-4,6-7,11H,5,16H2. The van der Waals surface area contributed by atoms with Gasteiger partial charge in [0, 0.05) is 16.1 Å². The maximum Gasteiger partial charge on any atom is 0.233 e. The zero-order valence-corrected chi connectivity index (χ0v) is 11.5. The van der Waals surface area contributed by atoms with Crippen LogP contribution >= 0.6 is 15.9 Å². The quantitative estimate of drug-likeness (QED) is 0.863. The molecule has 1 aromatic carbocycles. The summed E-state index contributed by atoms with van der Waals surface area (Å²) >= 11 is 3.24. The van der Waals surface area contributed by atoms with Gasteiger partial charge in [-0.1, -0.05) is 33.2 Å². The highest BCUT2D eigenvalue weighted by Crippen LogP contribution is 2.29. The van der Waals surface area contributed by atoms with E-state index in [9.17, 15) is 4.39 Å². The Morgan fingerprint density at radius 2 is 2.16 bits per heavy atom. The number of hydrogen-bond acceptors (Lipinski definition) is 4. The molecular weight excluding hydrogens is 313 g/mol. The van der Waals surface area contributed by atoms with Crippen LogP contribution in [0.25, 0.3) is 11.4 Å². The smallest absolute Gasteiger partial charge is 0.233 e. The molecule has 2 unspecified atom stereocenters. The van der Waals surface area contributed by atoms with Gasteiger partial charge in [-0.25, -0.2) is 4.39 Å². The molecule has 0 saturated heterocycles. The number of hydrogen-bond donors (Lipinski definition) is 1. The fourth-order valence-corrected chi connectivity index (χ4v) is 2.56. The number of halogens is 2. The Bertz CT molecular complexity index is 620. The van der Waals surface area contributed by atoms with Gasteiger partial charge in [0.15, 0.2) is 0 Å². The average molecular weight is 324 g/mol. The van der Waals surface area contributed by atoms with Crippen LogP contribution < -0.4 is 5.73 Å². The summed E-state index contributed by atoms with van der Waals surface area (Å²) in [6.07, 6.45) is 4.64. The maximum atomic E-state index is 13.3. The monoisotopic (exact) mass is 323 g/mol. The maximum absolute atomic E-state index is 13.3. The lowest BCUT2D eigenvalue weighted by Crippen LogP contribution is -2.14. The number of aromatic nitrogens is 2. The number of rotatable bonds is 2. The summed E-state index contributed by atoms with van der Waals surface area (Å²) in [7, 11) is 0. The molecule has 0 fully saturated rings. The molecule has 1 heterocycles. The molecule has 19 heavy (non-hydrogen) atoms. The van der Waals surface area contributed by atoms with Gasteiger partial charge in [-0.3, -0.25) is 0 Å². The van der Waals surface area contributed by atoms with Crippen LogP contribution in [0.3, 0.4) is 0 Å². The molecular formula is C13H11BrFN3O. The van der Waals surface area contributed by atoms with Gasteiger partial charge < -0.3 is 10.3 Å². The topological polar surface area (TPSA) is 64.9 Å². The van der Waals surface area contributed by atoms with Crippen molar-refractivity contribution in [2.45, 2.75) is 18.4 Å². The van der Waals surface area contributed by atoms with Gasteiger partial charge in [-0.2, -0.15) is 4.98 Å². The number of nitrogens with two attached hydrogens (primary N) is 1. The molecule has 1 aromatic heterocycles. The second kappa shape index (κ2) is 4.86. The lowest BCUT2D eigenvalue weighted by Gasteiger charge is -2.02. The second-order valence-electron chi connectivity index (χ2n) is 4.51. The highest BCUT2D eigenvalue weighted by molar-refractivity contribution is 9.10. The van der Waals surface area contributed by atoms with Crippen molar-refractivity contribution in [3.63, 3.8) is 0 Å². The first kappa shape index (κ1) is 12.5. The molecule has 0 amide bonds. The van der Waals surface area contributed by atoms with Gasteiger partial charge in [0.25, 0.3) is 0 Å². The van der Waals surface area contributed by atoms with Crippen LogP contribution in [-0.4, -0.2) is 16.2 Å². The summed E-state index contributed by atoms with van der Waals surface area (Å²) in [5.41, 5.74) is 6.36. The number of benzene rings is 1. The summed E-state index contributed by atoms with van der Waals surface area (Å²) in [5, 5.41) is 3.89. The molecule has 0 bridgehead atoms. The predicted octanol–water partition coefficient (Wildman–Crippen LogP) is 3.01. The molecule has 0 saturated carbocycles. The molecule has 0 spiro atoms. The van der Waals surface area contributed by atoms with Crippen LogP contribution in [0.1, 0.15) is 18.2 Å². The Morgan fingerprint density at radius 3 is 2.84 bits per heavy atom. The first-order valence-electron chi connectivity index (χ1n) is 5.86. The fourth-order valence-electron chi connectivity index (χ4n) is 2.10. The molecule has 2 atom stereocenters. The minimum atomic E-state index is -0.349. The van der Waals surface area contributed by atoms with Crippen molar-refractivity contribution in [2.24, 2.45) is 5.73 Å². The van der Waals surface area contributed by atoms with E-state index < -0.39 is 0 Å². The zero-order chi connectivity index (χ0) is 13.4. The minimum absolute atomic E-state index is 0.0312. The third kappa shape index (κ3) is 2.59. The van der Waals surface area contributed by atoms with Gasteiger partial charge in [0.2, 0.25) is 11.7 Å². The van der Waals surface area contributed by atoms with Crippen LogP contribution in [-0.2, 0) is 0 Å². The van der Waals surface area contributed by atoms with Crippen LogP contribution in [0.2, 0.25) is 0 Å². The summed E-state index contributed by atoms with van der Waals surface area (Å²) in [5.74, 6) is 0.593. The highest BCUT2D eigenvalue weighted by Gasteiger charge is 2.23. The lowest BCUT2D eigenvalue weighted by atomic mass is 10.1. The number of allylic oxidation sites excluding steroid dienone is 1. The summed E-state index contributed by atoms with van der Waals surface area (Å²) in [6.45, 7) is 0. The van der Waals surface area contributed by atoms with E-state index in [1.54, 1.807) is 6.07 Å². The van der Waals surface area contributed by atoms with Gasteiger partial charge in [-0.05, 0) is 24.6 Å². The van der Waals surface area contributed by atoms with Crippen LogP contribution in [0, 0.1) is 5.82 Å². The molecule has 0 aliphatic heterocycles. The molecule has 98 valence electrons. The third-order valence-electron chi connectivity index (χ3n) is 3.00. The summed E-state index contributed by atoms with van der Waals surface area (Å²) in [6, 6.07) is 4.52. The Hall–Kier alpha value is -1.53. The Balaban J connectivity index is 1.90. The van der Waals surface area contributed by atoms with E-state index in [1.807, 2.05) is 12.2 Å². The molecule has 1 aliphatic rings. The Morgan fingerprint density at radius 1 is 1.32 bits per heavy atom. The minimum Gasteiger partial charge on any atom is -0.338 e. The molecule has 0 radical (unpaired) electrons. The SMILES string of the molecule is NC1C=CC(c2nc(-c3cc(F)cc(Br)c3)no2)C1. The summed E-state index contributed by atoms with van der Waals surface area (Å²) in [4.78, 5) is 4.31. The molecule has 2 aromatic rings. The molecule has 1 aliphatic carbocycles. The van der Waals surface area contributed by atoms with Crippen LogP contribution in [0.15, 0.2) is 39.3 Å². The van der Waals surface area contributed by atoms with Gasteiger partial charge in [0.05, 0.1) is 5.92 Å². The van der Waals surface area contributed by atoms with Crippen LogP contribution in [0.4, 0.5) is 4.39 Å². The van der Waals surface area contributed by atoms with Crippen molar-refractivity contribution < 1.29 is 8.91 Å². The van der Waals surface area contributed by atoms with Gasteiger partial charge in [0.1, 0.15) is 5.82 Å². The van der Waals surface area contributed by atoms with Crippen molar-refractivity contribution in [3.8, 4) is 11.4 Å². The molecule has 6 heteroatoms. The van der Waals surface area contributed by atoms with Crippen molar-refractivity contribution in [3.05, 3.63) is 46.5 Å². The van der Waals surface area contributed by atoms with Crippen molar-refractivity contribution in [2.75, 3.05) is 0 Å². The molecule has 3 rings (SSSR count). The zero-order valence-electron chi connectivity index (χ0n) is 9.88. The van der Waals surface area contributed by atoms with E-state index in [1.165, 1.54) is 12.1 Å². The normalized spacial score (nSPS) is 22.1. The first-order chi connectivity index (χ1) is 9.11. The highest BCUT2D eigenvalue weighted by atomic mass is 79.9. The van der Waals surface area contributed by atoms with E-state index >= 15 is 0 Å². The van der Waals surface area contributed by atoms with E-state index in [4.69, 9.17) is 10.3 Å².